The molecule has 1 aromatic rings. The van der Waals surface area contributed by atoms with E-state index in [4.69, 9.17) is 9.47 Å². The van der Waals surface area contributed by atoms with Crippen molar-refractivity contribution in [1.82, 2.24) is 0 Å². The van der Waals surface area contributed by atoms with E-state index in [9.17, 15) is 9.59 Å². The maximum atomic E-state index is 11.4. The predicted molar refractivity (Wildman–Crippen MR) is 85.9 cm³/mol. The van der Waals surface area contributed by atoms with Crippen LogP contribution in [0.2, 0.25) is 0 Å². The Hall–Kier alpha value is -2.10. The first kappa shape index (κ1) is 18.0. The Morgan fingerprint density at radius 1 is 1.18 bits per heavy atom. The molecule has 120 valence electrons. The summed E-state index contributed by atoms with van der Waals surface area (Å²) in [6.07, 6.45) is 5.42. The molecule has 0 aliphatic carbocycles. The maximum absolute atomic E-state index is 11.4. The molecule has 0 aliphatic heterocycles. The standard InChI is InChI=1S/C18H24O4/c1-4-6-7-8-9-18(22-17(20)5-2)21-16-12-10-15(11-13-16)14(3)19/h5,10-13,18H,2,4,6-9H2,1,3H3. The fourth-order valence-electron chi connectivity index (χ4n) is 1.98. The van der Waals surface area contributed by atoms with Gasteiger partial charge in [0, 0.05) is 18.1 Å². The van der Waals surface area contributed by atoms with Crippen molar-refractivity contribution in [2.75, 3.05) is 0 Å². The van der Waals surface area contributed by atoms with E-state index in [0.717, 1.165) is 31.8 Å². The zero-order valence-corrected chi connectivity index (χ0v) is 13.3. The lowest BCUT2D eigenvalue weighted by molar-refractivity contribution is -0.158. The van der Waals surface area contributed by atoms with E-state index >= 15 is 0 Å². The van der Waals surface area contributed by atoms with Crippen molar-refractivity contribution in [3.05, 3.63) is 42.5 Å². The molecular formula is C18H24O4. The minimum absolute atomic E-state index is 0.000695. The molecule has 0 N–H and O–H groups in total. The largest absolute Gasteiger partial charge is 0.455 e. The number of unbranched alkanes of at least 4 members (excludes halogenated alkanes) is 3. The van der Waals surface area contributed by atoms with Gasteiger partial charge in [0.05, 0.1) is 0 Å². The van der Waals surface area contributed by atoms with Crippen molar-refractivity contribution in [3.63, 3.8) is 0 Å². The molecule has 1 rings (SSSR count). The zero-order chi connectivity index (χ0) is 16.4. The Labute approximate surface area is 132 Å². The molecule has 4 nitrogen and oxygen atoms in total. The first-order chi connectivity index (χ1) is 10.6. The van der Waals surface area contributed by atoms with Crippen LogP contribution in [0, 0.1) is 0 Å². The highest BCUT2D eigenvalue weighted by Crippen LogP contribution is 2.18. The third kappa shape index (κ3) is 6.57. The van der Waals surface area contributed by atoms with Crippen LogP contribution in [0.25, 0.3) is 0 Å². The number of rotatable bonds is 10. The lowest BCUT2D eigenvalue weighted by Gasteiger charge is -2.19. The maximum Gasteiger partial charge on any atom is 0.333 e. The first-order valence-corrected chi connectivity index (χ1v) is 7.67. The first-order valence-electron chi connectivity index (χ1n) is 7.67. The molecule has 1 aromatic carbocycles. The number of Topliss-reactive ketones (excluding diaryl/α,β-unsaturated/α-hetero) is 1. The van der Waals surface area contributed by atoms with Crippen LogP contribution in [-0.4, -0.2) is 18.0 Å². The summed E-state index contributed by atoms with van der Waals surface area (Å²) >= 11 is 0. The Balaban J connectivity index is 2.63. The molecule has 1 unspecified atom stereocenters. The number of esters is 1. The summed E-state index contributed by atoms with van der Waals surface area (Å²) in [5.74, 6) is 0.0731. The molecule has 4 heteroatoms. The van der Waals surface area contributed by atoms with Gasteiger partial charge >= 0.3 is 5.97 Å². The van der Waals surface area contributed by atoms with Gasteiger partial charge in [-0.25, -0.2) is 4.79 Å². The van der Waals surface area contributed by atoms with E-state index in [1.54, 1.807) is 24.3 Å². The average molecular weight is 304 g/mol. The molecule has 0 spiro atoms. The van der Waals surface area contributed by atoms with E-state index in [1.807, 2.05) is 0 Å². The van der Waals surface area contributed by atoms with Gasteiger partial charge in [-0.15, -0.1) is 0 Å². The lowest BCUT2D eigenvalue weighted by Crippen LogP contribution is -2.23. The van der Waals surface area contributed by atoms with E-state index in [2.05, 4.69) is 13.5 Å². The van der Waals surface area contributed by atoms with Crippen molar-refractivity contribution < 1.29 is 19.1 Å². The number of hydrogen-bond donors (Lipinski definition) is 0. The summed E-state index contributed by atoms with van der Waals surface area (Å²) in [6.45, 7) is 7.05. The number of ketones is 1. The summed E-state index contributed by atoms with van der Waals surface area (Å²) in [5.41, 5.74) is 0.620. The SMILES string of the molecule is C=CC(=O)OC(CCCCCC)Oc1ccc(C(C)=O)cc1. The molecule has 1 atom stereocenters. The molecule has 0 saturated heterocycles. The highest BCUT2D eigenvalue weighted by Gasteiger charge is 2.14. The lowest BCUT2D eigenvalue weighted by atomic mass is 10.1. The van der Waals surface area contributed by atoms with Gasteiger partial charge in [0.2, 0.25) is 6.29 Å². The summed E-state index contributed by atoms with van der Waals surface area (Å²) in [6, 6.07) is 6.80. The normalized spacial score (nSPS) is 11.5. The molecule has 22 heavy (non-hydrogen) atoms. The monoisotopic (exact) mass is 304 g/mol. The van der Waals surface area contributed by atoms with Gasteiger partial charge in [0.15, 0.2) is 5.78 Å². The molecule has 0 aliphatic rings. The molecule has 0 aromatic heterocycles. The molecule has 0 heterocycles. The summed E-state index contributed by atoms with van der Waals surface area (Å²) in [5, 5.41) is 0. The number of ether oxygens (including phenoxy) is 2. The van der Waals surface area contributed by atoms with Crippen LogP contribution in [0.1, 0.15) is 56.3 Å². The number of carbonyl (C=O) groups is 2. The molecule has 0 bridgehead atoms. The van der Waals surface area contributed by atoms with Gasteiger partial charge in [0.1, 0.15) is 5.75 Å². The van der Waals surface area contributed by atoms with Gasteiger partial charge in [0.25, 0.3) is 0 Å². The third-order valence-corrected chi connectivity index (χ3v) is 3.24. The van der Waals surface area contributed by atoms with Gasteiger partial charge in [-0.1, -0.05) is 32.8 Å². The molecule has 0 fully saturated rings. The minimum atomic E-state index is -0.634. The van der Waals surface area contributed by atoms with Crippen LogP contribution in [-0.2, 0) is 9.53 Å². The van der Waals surface area contributed by atoms with Crippen molar-refractivity contribution in [2.45, 2.75) is 52.2 Å². The van der Waals surface area contributed by atoms with Crippen LogP contribution in [0.4, 0.5) is 0 Å². The van der Waals surface area contributed by atoms with E-state index in [0.29, 0.717) is 17.7 Å². The molecule has 0 saturated carbocycles. The van der Waals surface area contributed by atoms with Crippen molar-refractivity contribution in [1.29, 1.82) is 0 Å². The highest BCUT2D eigenvalue weighted by atomic mass is 16.7. The Morgan fingerprint density at radius 2 is 1.86 bits per heavy atom. The van der Waals surface area contributed by atoms with Crippen LogP contribution in [0.5, 0.6) is 5.75 Å². The van der Waals surface area contributed by atoms with Crippen LogP contribution in [0.15, 0.2) is 36.9 Å². The number of carbonyl (C=O) groups excluding carboxylic acids is 2. The van der Waals surface area contributed by atoms with Crippen LogP contribution in [0.3, 0.4) is 0 Å². The summed E-state index contributed by atoms with van der Waals surface area (Å²) in [4.78, 5) is 22.6. The topological polar surface area (TPSA) is 52.6 Å². The second-order valence-electron chi connectivity index (χ2n) is 5.12. The van der Waals surface area contributed by atoms with Crippen molar-refractivity contribution in [3.8, 4) is 5.75 Å². The van der Waals surface area contributed by atoms with Crippen molar-refractivity contribution in [2.24, 2.45) is 0 Å². The highest BCUT2D eigenvalue weighted by molar-refractivity contribution is 5.94. The summed E-state index contributed by atoms with van der Waals surface area (Å²) < 4.78 is 10.9. The minimum Gasteiger partial charge on any atom is -0.455 e. The van der Waals surface area contributed by atoms with Crippen molar-refractivity contribution >= 4 is 11.8 Å². The van der Waals surface area contributed by atoms with Gasteiger partial charge in [-0.2, -0.15) is 0 Å². The smallest absolute Gasteiger partial charge is 0.333 e. The second-order valence-corrected chi connectivity index (χ2v) is 5.12. The Bertz CT molecular complexity index is 490. The third-order valence-electron chi connectivity index (χ3n) is 3.24. The summed E-state index contributed by atoms with van der Waals surface area (Å²) in [7, 11) is 0. The van der Waals surface area contributed by atoms with E-state index < -0.39 is 12.3 Å². The average Bonchev–Trinajstić information content (AvgIpc) is 2.51. The molecule has 0 radical (unpaired) electrons. The van der Waals surface area contributed by atoms with E-state index in [1.165, 1.54) is 6.92 Å². The van der Waals surface area contributed by atoms with Crippen LogP contribution >= 0.6 is 0 Å². The quantitative estimate of drug-likeness (QED) is 0.213. The van der Waals surface area contributed by atoms with Gasteiger partial charge < -0.3 is 9.47 Å². The zero-order valence-electron chi connectivity index (χ0n) is 13.3. The number of benzene rings is 1. The number of hydrogen-bond acceptors (Lipinski definition) is 4. The fraction of sp³-hybridized carbons (Fsp3) is 0.444. The predicted octanol–water partition coefficient (Wildman–Crippen LogP) is 4.29. The Kier molecular flexibility index (Phi) is 7.97. The van der Waals surface area contributed by atoms with Gasteiger partial charge in [-0.05, 0) is 37.6 Å². The second kappa shape index (κ2) is 9.77. The fourth-order valence-corrected chi connectivity index (χ4v) is 1.98. The van der Waals surface area contributed by atoms with Gasteiger partial charge in [-0.3, -0.25) is 4.79 Å². The van der Waals surface area contributed by atoms with Crippen LogP contribution < -0.4 is 4.74 Å². The molecule has 0 amide bonds. The Morgan fingerprint density at radius 3 is 2.41 bits per heavy atom. The molecular weight excluding hydrogens is 280 g/mol. The van der Waals surface area contributed by atoms with E-state index in [-0.39, 0.29) is 5.78 Å².